The summed E-state index contributed by atoms with van der Waals surface area (Å²) in [6.45, 7) is 5.26. The molecule has 1 unspecified atom stereocenters. The van der Waals surface area contributed by atoms with Crippen molar-refractivity contribution < 1.29 is 0 Å². The van der Waals surface area contributed by atoms with Crippen LogP contribution in [0.25, 0.3) is 0 Å². The number of nitrogens with one attached hydrogen (secondary N) is 1. The highest BCUT2D eigenvalue weighted by atomic mass is 15.2. The first kappa shape index (κ1) is 15.5. The summed E-state index contributed by atoms with van der Waals surface area (Å²) in [5, 5.41) is 3.62. The molecule has 1 saturated heterocycles. The summed E-state index contributed by atoms with van der Waals surface area (Å²) < 4.78 is 0. The molecule has 0 aromatic carbocycles. The second kappa shape index (κ2) is 6.85. The Kier molecular flexibility index (Phi) is 4.43. The minimum atomic E-state index is 0.449. The van der Waals surface area contributed by atoms with Crippen LogP contribution in [0.15, 0.2) is 30.6 Å². The first-order chi connectivity index (χ1) is 11.8. The molecule has 0 spiro atoms. The Balaban J connectivity index is 1.38. The maximum atomic E-state index is 4.70. The first-order valence-electron chi connectivity index (χ1n) is 9.00. The predicted molar refractivity (Wildman–Crippen MR) is 94.9 cm³/mol. The lowest BCUT2D eigenvalue weighted by molar-refractivity contribution is 0.206. The van der Waals surface area contributed by atoms with E-state index >= 15 is 0 Å². The molecule has 126 valence electrons. The van der Waals surface area contributed by atoms with Crippen molar-refractivity contribution in [2.75, 3.05) is 18.4 Å². The van der Waals surface area contributed by atoms with Gasteiger partial charge in [0.2, 0.25) is 0 Å². The SMILES string of the molecule is Cc1cccnc1CN1CCCC(Nc2ccnc(C3CC3)n2)C1. The summed E-state index contributed by atoms with van der Waals surface area (Å²) in [6, 6.07) is 6.59. The van der Waals surface area contributed by atoms with Crippen molar-refractivity contribution in [1.29, 1.82) is 0 Å². The lowest BCUT2D eigenvalue weighted by Gasteiger charge is -2.33. The van der Waals surface area contributed by atoms with Crippen molar-refractivity contribution in [2.45, 2.75) is 51.1 Å². The van der Waals surface area contributed by atoms with E-state index < -0.39 is 0 Å². The van der Waals surface area contributed by atoms with Crippen LogP contribution in [0.3, 0.4) is 0 Å². The highest BCUT2D eigenvalue weighted by Gasteiger charge is 2.27. The van der Waals surface area contributed by atoms with Crippen molar-refractivity contribution in [2.24, 2.45) is 0 Å². The fourth-order valence-corrected chi connectivity index (χ4v) is 3.41. The fraction of sp³-hybridized carbons (Fsp3) is 0.526. The third-order valence-corrected chi connectivity index (χ3v) is 4.97. The van der Waals surface area contributed by atoms with Gasteiger partial charge in [-0.3, -0.25) is 9.88 Å². The van der Waals surface area contributed by atoms with Gasteiger partial charge in [-0.25, -0.2) is 9.97 Å². The highest BCUT2D eigenvalue weighted by molar-refractivity contribution is 5.35. The zero-order chi connectivity index (χ0) is 16.4. The average Bonchev–Trinajstić information content (AvgIpc) is 3.43. The Morgan fingerprint density at radius 3 is 2.92 bits per heavy atom. The van der Waals surface area contributed by atoms with Gasteiger partial charge in [0, 0.05) is 37.4 Å². The second-order valence-corrected chi connectivity index (χ2v) is 7.06. The van der Waals surface area contributed by atoms with Crippen LogP contribution < -0.4 is 5.32 Å². The molecular formula is C19H25N5. The Morgan fingerprint density at radius 2 is 2.08 bits per heavy atom. The fourth-order valence-electron chi connectivity index (χ4n) is 3.41. The number of aromatic nitrogens is 3. The molecule has 1 aliphatic heterocycles. The number of nitrogens with zero attached hydrogens (tertiary/aromatic N) is 4. The summed E-state index contributed by atoms with van der Waals surface area (Å²) in [5.74, 6) is 2.59. The molecule has 0 amide bonds. The van der Waals surface area contributed by atoms with E-state index in [1.165, 1.54) is 36.9 Å². The molecule has 24 heavy (non-hydrogen) atoms. The molecule has 2 fully saturated rings. The van der Waals surface area contributed by atoms with Crippen molar-refractivity contribution in [1.82, 2.24) is 19.9 Å². The Morgan fingerprint density at radius 1 is 1.17 bits per heavy atom. The molecule has 5 nitrogen and oxygen atoms in total. The van der Waals surface area contributed by atoms with E-state index in [-0.39, 0.29) is 0 Å². The van der Waals surface area contributed by atoms with Crippen LogP contribution in [0.2, 0.25) is 0 Å². The normalized spacial score (nSPS) is 21.6. The molecular weight excluding hydrogens is 298 g/mol. The summed E-state index contributed by atoms with van der Waals surface area (Å²) >= 11 is 0. The molecule has 0 bridgehead atoms. The molecule has 3 heterocycles. The largest absolute Gasteiger partial charge is 0.366 e. The first-order valence-corrected chi connectivity index (χ1v) is 9.00. The van der Waals surface area contributed by atoms with E-state index in [0.29, 0.717) is 12.0 Å². The monoisotopic (exact) mass is 323 g/mol. The Labute approximate surface area is 143 Å². The van der Waals surface area contributed by atoms with Gasteiger partial charge in [-0.1, -0.05) is 6.07 Å². The minimum Gasteiger partial charge on any atom is -0.366 e. The van der Waals surface area contributed by atoms with Crippen LogP contribution in [0, 0.1) is 6.92 Å². The zero-order valence-corrected chi connectivity index (χ0v) is 14.3. The van der Waals surface area contributed by atoms with Gasteiger partial charge in [0.25, 0.3) is 0 Å². The minimum absolute atomic E-state index is 0.449. The van der Waals surface area contributed by atoms with Crippen molar-refractivity contribution in [3.05, 3.63) is 47.7 Å². The molecule has 4 rings (SSSR count). The van der Waals surface area contributed by atoms with Gasteiger partial charge in [-0.15, -0.1) is 0 Å². The number of hydrogen-bond acceptors (Lipinski definition) is 5. The van der Waals surface area contributed by atoms with Crippen molar-refractivity contribution in [3.8, 4) is 0 Å². The maximum Gasteiger partial charge on any atom is 0.133 e. The van der Waals surface area contributed by atoms with E-state index in [0.717, 1.165) is 31.3 Å². The lowest BCUT2D eigenvalue weighted by Crippen LogP contribution is -2.42. The van der Waals surface area contributed by atoms with E-state index in [2.05, 4.69) is 33.2 Å². The van der Waals surface area contributed by atoms with E-state index in [1.54, 1.807) is 0 Å². The summed E-state index contributed by atoms with van der Waals surface area (Å²) in [7, 11) is 0. The molecule has 2 aromatic rings. The van der Waals surface area contributed by atoms with Gasteiger partial charge in [0.15, 0.2) is 0 Å². The van der Waals surface area contributed by atoms with E-state index in [1.807, 2.05) is 24.5 Å². The van der Waals surface area contributed by atoms with Gasteiger partial charge < -0.3 is 5.32 Å². The van der Waals surface area contributed by atoms with Crippen LogP contribution >= 0.6 is 0 Å². The van der Waals surface area contributed by atoms with Crippen molar-refractivity contribution in [3.63, 3.8) is 0 Å². The standard InChI is InChI=1S/C19H25N5/c1-14-4-2-9-20-17(14)13-24-11-3-5-16(12-24)22-18-8-10-21-19(23-18)15-6-7-15/h2,4,8-10,15-16H,3,5-7,11-13H2,1H3,(H,21,22,23). The van der Waals surface area contributed by atoms with Gasteiger partial charge in [0.1, 0.15) is 11.6 Å². The third-order valence-electron chi connectivity index (χ3n) is 4.97. The number of likely N-dealkylation sites (tertiary alicyclic amines) is 1. The Bertz CT molecular complexity index is 698. The molecule has 1 aliphatic carbocycles. The van der Waals surface area contributed by atoms with Gasteiger partial charge in [0.05, 0.1) is 5.69 Å². The molecule has 1 saturated carbocycles. The smallest absolute Gasteiger partial charge is 0.133 e. The molecule has 1 atom stereocenters. The molecule has 1 N–H and O–H groups in total. The van der Waals surface area contributed by atoms with Crippen molar-refractivity contribution >= 4 is 5.82 Å². The van der Waals surface area contributed by atoms with Crippen LogP contribution in [-0.2, 0) is 6.54 Å². The topological polar surface area (TPSA) is 53.9 Å². The molecule has 2 aromatic heterocycles. The molecule has 2 aliphatic rings. The average molecular weight is 323 g/mol. The lowest BCUT2D eigenvalue weighted by atomic mass is 10.0. The maximum absolute atomic E-state index is 4.70. The number of piperidine rings is 1. The van der Waals surface area contributed by atoms with Gasteiger partial charge in [-0.2, -0.15) is 0 Å². The summed E-state index contributed by atoms with van der Waals surface area (Å²) in [4.78, 5) is 16.1. The van der Waals surface area contributed by atoms with Crippen LogP contribution in [0.4, 0.5) is 5.82 Å². The third kappa shape index (κ3) is 3.73. The Hall–Kier alpha value is -2.01. The van der Waals surface area contributed by atoms with Crippen LogP contribution in [-0.4, -0.2) is 39.0 Å². The van der Waals surface area contributed by atoms with Crippen LogP contribution in [0.5, 0.6) is 0 Å². The molecule has 5 heteroatoms. The summed E-state index contributed by atoms with van der Waals surface area (Å²) in [6.07, 6.45) is 8.67. The predicted octanol–water partition coefficient (Wildman–Crippen LogP) is 3.13. The zero-order valence-electron chi connectivity index (χ0n) is 14.3. The van der Waals surface area contributed by atoms with Gasteiger partial charge >= 0.3 is 0 Å². The van der Waals surface area contributed by atoms with E-state index in [9.17, 15) is 0 Å². The quantitative estimate of drug-likeness (QED) is 0.916. The number of pyridine rings is 1. The second-order valence-electron chi connectivity index (χ2n) is 7.06. The number of anilines is 1. The highest BCUT2D eigenvalue weighted by Crippen LogP contribution is 2.38. The van der Waals surface area contributed by atoms with Crippen LogP contribution in [0.1, 0.15) is 48.7 Å². The number of aryl methyl sites for hydroxylation is 1. The van der Waals surface area contributed by atoms with E-state index in [4.69, 9.17) is 4.98 Å². The number of hydrogen-bond donors (Lipinski definition) is 1. The molecule has 0 radical (unpaired) electrons. The number of rotatable bonds is 5. The van der Waals surface area contributed by atoms with Gasteiger partial charge in [-0.05, 0) is 56.8 Å². The summed E-state index contributed by atoms with van der Waals surface area (Å²) in [5.41, 5.74) is 2.47.